The maximum absolute atomic E-state index is 6.70. The summed E-state index contributed by atoms with van der Waals surface area (Å²) in [5.74, 6) is 0. The second-order valence-electron chi connectivity index (χ2n) is 7.89. The Morgan fingerprint density at radius 2 is 1.58 bits per heavy atom. The molecule has 0 atom stereocenters. The molecular formula is C22H27NO. The lowest BCUT2D eigenvalue weighted by Crippen LogP contribution is -2.53. The van der Waals surface area contributed by atoms with Crippen LogP contribution in [0.2, 0.25) is 0 Å². The van der Waals surface area contributed by atoms with Crippen LogP contribution in [0.5, 0.6) is 0 Å². The van der Waals surface area contributed by atoms with E-state index >= 15 is 0 Å². The van der Waals surface area contributed by atoms with Crippen molar-refractivity contribution in [3.8, 4) is 0 Å². The zero-order valence-electron chi connectivity index (χ0n) is 14.8. The topological polar surface area (TPSA) is 12.5 Å². The van der Waals surface area contributed by atoms with Crippen molar-refractivity contribution in [2.75, 3.05) is 13.1 Å². The summed E-state index contributed by atoms with van der Waals surface area (Å²) < 4.78 is 6.70. The van der Waals surface area contributed by atoms with Crippen LogP contribution in [0, 0.1) is 0 Å². The number of likely N-dealkylation sites (tertiary alicyclic amines) is 1. The van der Waals surface area contributed by atoms with Crippen LogP contribution in [0.15, 0.2) is 54.6 Å². The fourth-order valence-corrected chi connectivity index (χ4v) is 4.48. The number of ether oxygens (including phenoxy) is 1. The largest absolute Gasteiger partial charge is 0.364 e. The van der Waals surface area contributed by atoms with Crippen LogP contribution in [-0.4, -0.2) is 23.6 Å². The van der Waals surface area contributed by atoms with E-state index in [0.29, 0.717) is 0 Å². The minimum atomic E-state index is -0.184. The molecule has 0 unspecified atom stereocenters. The van der Waals surface area contributed by atoms with Gasteiger partial charge in [0.15, 0.2) is 0 Å². The monoisotopic (exact) mass is 321 g/mol. The predicted molar refractivity (Wildman–Crippen MR) is 97.9 cm³/mol. The van der Waals surface area contributed by atoms with E-state index in [2.05, 4.69) is 73.3 Å². The fraction of sp³-hybridized carbons (Fsp3) is 0.455. The molecule has 2 heteroatoms. The number of hydrogen-bond donors (Lipinski definition) is 0. The van der Waals surface area contributed by atoms with E-state index in [4.69, 9.17) is 4.74 Å². The van der Waals surface area contributed by atoms with Crippen LogP contribution in [0.1, 0.15) is 43.4 Å². The maximum Gasteiger partial charge on any atom is 0.0885 e. The molecule has 2 heterocycles. The fourth-order valence-electron chi connectivity index (χ4n) is 4.48. The second kappa shape index (κ2) is 6.02. The molecule has 1 spiro atoms. The SMILES string of the molecule is CC1(C)OC2(CCN(Cc3ccccc3)CC2)Cc2ccccc21. The van der Waals surface area contributed by atoms with E-state index < -0.39 is 0 Å². The Morgan fingerprint density at radius 1 is 0.917 bits per heavy atom. The van der Waals surface area contributed by atoms with Crippen molar-refractivity contribution in [1.82, 2.24) is 4.90 Å². The first-order valence-corrected chi connectivity index (χ1v) is 9.11. The second-order valence-corrected chi connectivity index (χ2v) is 7.89. The molecule has 0 aromatic heterocycles. The number of benzene rings is 2. The summed E-state index contributed by atoms with van der Waals surface area (Å²) >= 11 is 0. The molecule has 0 radical (unpaired) electrons. The van der Waals surface area contributed by atoms with Gasteiger partial charge < -0.3 is 4.74 Å². The van der Waals surface area contributed by atoms with Crippen molar-refractivity contribution in [3.05, 3.63) is 71.3 Å². The quantitative estimate of drug-likeness (QED) is 0.806. The first kappa shape index (κ1) is 15.9. The van der Waals surface area contributed by atoms with Crippen molar-refractivity contribution in [3.63, 3.8) is 0 Å². The summed E-state index contributed by atoms with van der Waals surface area (Å²) in [5, 5.41) is 0. The van der Waals surface area contributed by atoms with E-state index in [9.17, 15) is 0 Å². The van der Waals surface area contributed by atoms with Crippen LogP contribution in [0.4, 0.5) is 0 Å². The molecule has 24 heavy (non-hydrogen) atoms. The van der Waals surface area contributed by atoms with Gasteiger partial charge in [-0.15, -0.1) is 0 Å². The highest BCUT2D eigenvalue weighted by Gasteiger charge is 2.45. The van der Waals surface area contributed by atoms with E-state index in [1.54, 1.807) is 0 Å². The average molecular weight is 321 g/mol. The molecule has 126 valence electrons. The van der Waals surface area contributed by atoms with Crippen molar-refractivity contribution < 1.29 is 4.74 Å². The number of piperidine rings is 1. The number of rotatable bonds is 2. The summed E-state index contributed by atoms with van der Waals surface area (Å²) in [4.78, 5) is 2.57. The minimum Gasteiger partial charge on any atom is -0.364 e. The van der Waals surface area contributed by atoms with Crippen molar-refractivity contribution in [2.45, 2.75) is 50.9 Å². The maximum atomic E-state index is 6.70. The third-order valence-electron chi connectivity index (χ3n) is 5.67. The number of fused-ring (bicyclic) bond motifs is 1. The lowest BCUT2D eigenvalue weighted by molar-refractivity contribution is -0.178. The van der Waals surface area contributed by atoms with Crippen LogP contribution in [-0.2, 0) is 23.3 Å². The Morgan fingerprint density at radius 3 is 2.33 bits per heavy atom. The molecule has 0 amide bonds. The molecule has 2 nitrogen and oxygen atoms in total. The Balaban J connectivity index is 1.47. The number of hydrogen-bond acceptors (Lipinski definition) is 2. The van der Waals surface area contributed by atoms with Gasteiger partial charge in [0, 0.05) is 26.1 Å². The Labute approximate surface area is 145 Å². The van der Waals surface area contributed by atoms with E-state index in [0.717, 1.165) is 38.9 Å². The molecule has 4 rings (SSSR count). The summed E-state index contributed by atoms with van der Waals surface area (Å²) in [7, 11) is 0. The highest BCUT2D eigenvalue weighted by atomic mass is 16.5. The van der Waals surface area contributed by atoms with Gasteiger partial charge in [-0.2, -0.15) is 0 Å². The molecule has 2 aromatic carbocycles. The first-order valence-electron chi connectivity index (χ1n) is 9.11. The molecule has 1 fully saturated rings. The summed E-state index contributed by atoms with van der Waals surface area (Å²) in [6, 6.07) is 19.6. The van der Waals surface area contributed by atoms with Gasteiger partial charge in [-0.3, -0.25) is 4.90 Å². The van der Waals surface area contributed by atoms with Crippen molar-refractivity contribution in [2.24, 2.45) is 0 Å². The predicted octanol–water partition coefficient (Wildman–Crippen LogP) is 4.53. The van der Waals surface area contributed by atoms with E-state index in [-0.39, 0.29) is 11.2 Å². The first-order chi connectivity index (χ1) is 11.6. The molecule has 0 saturated carbocycles. The molecule has 2 aliphatic heterocycles. The van der Waals surface area contributed by atoms with Gasteiger partial charge in [-0.05, 0) is 43.4 Å². The molecule has 0 aliphatic carbocycles. The van der Waals surface area contributed by atoms with Crippen LogP contribution < -0.4 is 0 Å². The van der Waals surface area contributed by atoms with Gasteiger partial charge in [0.25, 0.3) is 0 Å². The van der Waals surface area contributed by atoms with E-state index in [1.165, 1.54) is 16.7 Å². The average Bonchev–Trinajstić information content (AvgIpc) is 2.58. The Bertz CT molecular complexity index is 699. The molecule has 0 bridgehead atoms. The Hall–Kier alpha value is -1.64. The third kappa shape index (κ3) is 3.01. The highest BCUT2D eigenvalue weighted by Crippen LogP contribution is 2.44. The summed E-state index contributed by atoms with van der Waals surface area (Å²) in [6.07, 6.45) is 3.31. The van der Waals surface area contributed by atoms with Crippen LogP contribution in [0.25, 0.3) is 0 Å². The summed E-state index contributed by atoms with van der Waals surface area (Å²) in [5.41, 5.74) is 4.08. The third-order valence-corrected chi connectivity index (χ3v) is 5.67. The van der Waals surface area contributed by atoms with Gasteiger partial charge in [0.1, 0.15) is 0 Å². The number of nitrogens with zero attached hydrogens (tertiary/aromatic N) is 1. The van der Waals surface area contributed by atoms with Gasteiger partial charge in [-0.1, -0.05) is 54.6 Å². The van der Waals surface area contributed by atoms with Gasteiger partial charge in [-0.25, -0.2) is 0 Å². The standard InChI is InChI=1S/C22H27NO/c1-21(2)20-11-7-6-10-19(20)16-22(24-21)12-14-23(15-13-22)17-18-8-4-3-5-9-18/h3-11H,12-17H2,1-2H3. The lowest BCUT2D eigenvalue weighted by atomic mass is 9.77. The normalized spacial score (nSPS) is 22.2. The molecule has 1 saturated heterocycles. The van der Waals surface area contributed by atoms with Crippen molar-refractivity contribution >= 4 is 0 Å². The molecule has 2 aromatic rings. The summed E-state index contributed by atoms with van der Waals surface area (Å²) in [6.45, 7) is 7.74. The van der Waals surface area contributed by atoms with Crippen molar-refractivity contribution in [1.29, 1.82) is 0 Å². The van der Waals surface area contributed by atoms with Gasteiger partial charge in [0.2, 0.25) is 0 Å². The smallest absolute Gasteiger partial charge is 0.0885 e. The zero-order valence-corrected chi connectivity index (χ0v) is 14.8. The molecular weight excluding hydrogens is 294 g/mol. The van der Waals surface area contributed by atoms with Crippen LogP contribution in [0.3, 0.4) is 0 Å². The Kier molecular flexibility index (Phi) is 3.98. The zero-order chi connectivity index (χ0) is 16.6. The molecule has 0 N–H and O–H groups in total. The van der Waals surface area contributed by atoms with Crippen LogP contribution >= 0.6 is 0 Å². The minimum absolute atomic E-state index is 0.0189. The van der Waals surface area contributed by atoms with Gasteiger partial charge >= 0.3 is 0 Å². The van der Waals surface area contributed by atoms with E-state index in [1.807, 2.05) is 0 Å². The van der Waals surface area contributed by atoms with Gasteiger partial charge in [0.05, 0.1) is 11.2 Å². The lowest BCUT2D eigenvalue weighted by Gasteiger charge is -2.50. The molecule has 2 aliphatic rings. The highest BCUT2D eigenvalue weighted by molar-refractivity contribution is 5.35.